The first kappa shape index (κ1) is 13.8. The normalized spacial score (nSPS) is 10.7. The van der Waals surface area contributed by atoms with Gasteiger partial charge in [-0.05, 0) is 5.56 Å². The zero-order valence-corrected chi connectivity index (χ0v) is 11.6. The number of hydrogen-bond donors (Lipinski definition) is 2. The number of hydrogen-bond acceptors (Lipinski definition) is 6. The average Bonchev–Trinajstić information content (AvgIpc) is 2.88. The van der Waals surface area contributed by atoms with E-state index in [1.165, 1.54) is 10.9 Å². The zero-order valence-electron chi connectivity index (χ0n) is 11.6. The molecule has 0 saturated heterocycles. The molecule has 2 heterocycles. The molecule has 0 aliphatic heterocycles. The molecule has 0 aliphatic rings. The van der Waals surface area contributed by atoms with Gasteiger partial charge in [0.25, 0.3) is 0 Å². The fourth-order valence-corrected chi connectivity index (χ4v) is 2.04. The molecular formula is C14H14N6O2. The minimum atomic E-state index is -0.497. The van der Waals surface area contributed by atoms with Crippen molar-refractivity contribution in [3.8, 4) is 5.88 Å². The topological polar surface area (TPSA) is 122 Å². The molecule has 1 aromatic carbocycles. The quantitative estimate of drug-likeness (QED) is 0.706. The first-order chi connectivity index (χ1) is 10.6. The number of amides is 1. The van der Waals surface area contributed by atoms with Crippen LogP contribution in [0.15, 0.2) is 36.7 Å². The lowest BCUT2D eigenvalue weighted by molar-refractivity contribution is -0.118. The van der Waals surface area contributed by atoms with Crippen molar-refractivity contribution in [2.45, 2.75) is 13.2 Å². The van der Waals surface area contributed by atoms with Crippen molar-refractivity contribution in [2.75, 3.05) is 5.73 Å². The smallest absolute Gasteiger partial charge is 0.247 e. The molecule has 1 amide bonds. The van der Waals surface area contributed by atoms with Crippen LogP contribution in [-0.2, 0) is 17.9 Å². The molecule has 0 bridgehead atoms. The Hall–Kier alpha value is -3.16. The summed E-state index contributed by atoms with van der Waals surface area (Å²) in [7, 11) is 0. The zero-order chi connectivity index (χ0) is 15.5. The van der Waals surface area contributed by atoms with Gasteiger partial charge in [-0.2, -0.15) is 9.97 Å². The molecule has 0 aliphatic carbocycles. The molecule has 0 fully saturated rings. The maximum Gasteiger partial charge on any atom is 0.247 e. The third-order valence-corrected chi connectivity index (χ3v) is 2.99. The van der Waals surface area contributed by atoms with Gasteiger partial charge in [-0.1, -0.05) is 30.3 Å². The third kappa shape index (κ3) is 2.80. The first-order valence-corrected chi connectivity index (χ1v) is 6.57. The number of fused-ring (bicyclic) bond motifs is 1. The molecule has 0 spiro atoms. The van der Waals surface area contributed by atoms with Crippen LogP contribution in [0, 0.1) is 0 Å². The maximum absolute atomic E-state index is 11.1. The van der Waals surface area contributed by atoms with Crippen molar-refractivity contribution in [3.05, 3.63) is 42.2 Å². The van der Waals surface area contributed by atoms with Crippen molar-refractivity contribution < 1.29 is 9.53 Å². The molecule has 4 N–H and O–H groups in total. The van der Waals surface area contributed by atoms with Crippen LogP contribution in [0.5, 0.6) is 5.88 Å². The molecule has 2 aromatic heterocycles. The van der Waals surface area contributed by atoms with Crippen LogP contribution in [0.4, 0.5) is 5.95 Å². The lowest BCUT2D eigenvalue weighted by atomic mass is 10.2. The van der Waals surface area contributed by atoms with Gasteiger partial charge in [-0.3, -0.25) is 4.79 Å². The number of nitrogens with two attached hydrogens (primary N) is 2. The van der Waals surface area contributed by atoms with Crippen molar-refractivity contribution in [1.82, 2.24) is 19.5 Å². The number of nitrogen functional groups attached to an aromatic ring is 1. The van der Waals surface area contributed by atoms with Gasteiger partial charge in [0.1, 0.15) is 13.2 Å². The summed E-state index contributed by atoms with van der Waals surface area (Å²) in [5.74, 6) is -0.181. The molecular weight excluding hydrogens is 284 g/mol. The van der Waals surface area contributed by atoms with Gasteiger partial charge in [0.05, 0.1) is 6.33 Å². The molecule has 3 rings (SSSR count). The van der Waals surface area contributed by atoms with E-state index in [1.54, 1.807) is 0 Å². The maximum atomic E-state index is 11.1. The highest BCUT2D eigenvalue weighted by Gasteiger charge is 2.14. The summed E-state index contributed by atoms with van der Waals surface area (Å²) in [6, 6.07) is 9.64. The Labute approximate surface area is 125 Å². The first-order valence-electron chi connectivity index (χ1n) is 6.57. The Balaban J connectivity index is 1.92. The molecule has 3 aromatic rings. The molecule has 0 atom stereocenters. The van der Waals surface area contributed by atoms with E-state index in [0.717, 1.165) is 5.56 Å². The number of benzene rings is 1. The molecule has 112 valence electrons. The van der Waals surface area contributed by atoms with E-state index in [0.29, 0.717) is 17.8 Å². The van der Waals surface area contributed by atoms with Gasteiger partial charge in [0, 0.05) is 0 Å². The Morgan fingerprint density at radius 3 is 2.73 bits per heavy atom. The van der Waals surface area contributed by atoms with Crippen LogP contribution < -0.4 is 16.2 Å². The summed E-state index contributed by atoms with van der Waals surface area (Å²) < 4.78 is 7.19. The fraction of sp³-hybridized carbons (Fsp3) is 0.143. The number of imidazole rings is 1. The largest absolute Gasteiger partial charge is 0.471 e. The number of nitrogens with zero attached hydrogens (tertiary/aromatic N) is 4. The second-order valence-electron chi connectivity index (χ2n) is 4.67. The van der Waals surface area contributed by atoms with E-state index in [-0.39, 0.29) is 18.4 Å². The predicted octanol–water partition coefficient (Wildman–Crippen LogP) is 0.473. The van der Waals surface area contributed by atoms with Crippen LogP contribution in [0.25, 0.3) is 11.2 Å². The van der Waals surface area contributed by atoms with Crippen LogP contribution >= 0.6 is 0 Å². The molecule has 8 nitrogen and oxygen atoms in total. The van der Waals surface area contributed by atoms with E-state index in [4.69, 9.17) is 16.2 Å². The summed E-state index contributed by atoms with van der Waals surface area (Å²) in [5, 5.41) is 0. The second-order valence-corrected chi connectivity index (χ2v) is 4.67. The van der Waals surface area contributed by atoms with Crippen molar-refractivity contribution >= 4 is 23.0 Å². The molecule has 0 radical (unpaired) electrons. The number of anilines is 1. The SMILES string of the molecule is NC(=O)Cn1cnc2c(OCc3ccccc3)nc(N)nc21. The number of ether oxygens (including phenoxy) is 1. The number of carbonyl (C=O) groups is 1. The summed E-state index contributed by atoms with van der Waals surface area (Å²) in [5.41, 5.74) is 12.7. The van der Waals surface area contributed by atoms with E-state index in [9.17, 15) is 4.79 Å². The van der Waals surface area contributed by atoms with Gasteiger partial charge in [-0.25, -0.2) is 4.98 Å². The minimum absolute atomic E-state index is 0.0366. The minimum Gasteiger partial charge on any atom is -0.471 e. The Kier molecular flexibility index (Phi) is 3.57. The van der Waals surface area contributed by atoms with Crippen LogP contribution in [0.1, 0.15) is 5.56 Å². The Morgan fingerprint density at radius 2 is 2.00 bits per heavy atom. The third-order valence-electron chi connectivity index (χ3n) is 2.99. The summed E-state index contributed by atoms with van der Waals surface area (Å²) in [6.07, 6.45) is 1.46. The van der Waals surface area contributed by atoms with Gasteiger partial charge < -0.3 is 20.8 Å². The molecule has 22 heavy (non-hydrogen) atoms. The number of rotatable bonds is 5. The molecule has 0 unspecified atom stereocenters. The second kappa shape index (κ2) is 5.68. The fourth-order valence-electron chi connectivity index (χ4n) is 2.04. The monoisotopic (exact) mass is 298 g/mol. The highest BCUT2D eigenvalue weighted by atomic mass is 16.5. The average molecular weight is 298 g/mol. The van der Waals surface area contributed by atoms with Crippen LogP contribution in [0.3, 0.4) is 0 Å². The van der Waals surface area contributed by atoms with Crippen molar-refractivity contribution in [1.29, 1.82) is 0 Å². The number of primary amides is 1. The lowest BCUT2D eigenvalue weighted by Gasteiger charge is -2.07. The standard InChI is InChI=1S/C14H14N6O2/c15-10(21)6-20-8-17-11-12(20)18-14(16)19-13(11)22-7-9-4-2-1-3-5-9/h1-5,8H,6-7H2,(H2,15,21)(H2,16,18,19). The molecule has 8 heteroatoms. The summed E-state index contributed by atoms with van der Waals surface area (Å²) >= 11 is 0. The lowest BCUT2D eigenvalue weighted by Crippen LogP contribution is -2.18. The predicted molar refractivity (Wildman–Crippen MR) is 79.7 cm³/mol. The van der Waals surface area contributed by atoms with Gasteiger partial charge >= 0.3 is 0 Å². The van der Waals surface area contributed by atoms with Gasteiger partial charge in [0.2, 0.25) is 17.7 Å². The van der Waals surface area contributed by atoms with E-state index in [2.05, 4.69) is 15.0 Å². The number of carbonyl (C=O) groups excluding carboxylic acids is 1. The van der Waals surface area contributed by atoms with Gasteiger partial charge in [0.15, 0.2) is 11.2 Å². The highest BCUT2D eigenvalue weighted by molar-refractivity contribution is 5.80. The highest BCUT2D eigenvalue weighted by Crippen LogP contribution is 2.22. The van der Waals surface area contributed by atoms with Crippen LogP contribution in [0.2, 0.25) is 0 Å². The van der Waals surface area contributed by atoms with E-state index in [1.807, 2.05) is 30.3 Å². The number of aromatic nitrogens is 4. The van der Waals surface area contributed by atoms with E-state index >= 15 is 0 Å². The summed E-state index contributed by atoms with van der Waals surface area (Å²) in [4.78, 5) is 23.4. The van der Waals surface area contributed by atoms with Crippen molar-refractivity contribution in [2.24, 2.45) is 5.73 Å². The van der Waals surface area contributed by atoms with E-state index < -0.39 is 5.91 Å². The van der Waals surface area contributed by atoms with Crippen LogP contribution in [-0.4, -0.2) is 25.4 Å². The summed E-state index contributed by atoms with van der Waals surface area (Å²) in [6.45, 7) is 0.292. The Morgan fingerprint density at radius 1 is 1.23 bits per heavy atom. The Bertz CT molecular complexity index is 815. The van der Waals surface area contributed by atoms with Gasteiger partial charge in [-0.15, -0.1) is 0 Å². The van der Waals surface area contributed by atoms with Crippen molar-refractivity contribution in [3.63, 3.8) is 0 Å². The molecule has 0 saturated carbocycles.